The summed E-state index contributed by atoms with van der Waals surface area (Å²) in [6.07, 6.45) is 0.681. The van der Waals surface area contributed by atoms with Gasteiger partial charge in [0.15, 0.2) is 5.82 Å². The van der Waals surface area contributed by atoms with Gasteiger partial charge in [-0.05, 0) is 45.4 Å². The van der Waals surface area contributed by atoms with Gasteiger partial charge in [-0.1, -0.05) is 17.7 Å². The van der Waals surface area contributed by atoms with E-state index in [0.29, 0.717) is 13.0 Å². The van der Waals surface area contributed by atoms with Crippen molar-refractivity contribution in [3.05, 3.63) is 40.5 Å². The van der Waals surface area contributed by atoms with Gasteiger partial charge >= 0.3 is 0 Å². The summed E-state index contributed by atoms with van der Waals surface area (Å²) in [5.74, 6) is 2.27. The van der Waals surface area contributed by atoms with E-state index in [-0.39, 0.29) is 0 Å². The van der Waals surface area contributed by atoms with Gasteiger partial charge in [0, 0.05) is 12.0 Å². The number of hydrogen-bond donors (Lipinski definition) is 1. The van der Waals surface area contributed by atoms with Gasteiger partial charge in [0.2, 0.25) is 0 Å². The number of aromatic nitrogens is 3. The Balaban J connectivity index is 2.58. The summed E-state index contributed by atoms with van der Waals surface area (Å²) in [7, 11) is 0. The summed E-state index contributed by atoms with van der Waals surface area (Å²) in [5, 5.41) is 0. The second kappa shape index (κ2) is 5.45. The molecule has 4 nitrogen and oxygen atoms in total. The quantitative estimate of drug-likeness (QED) is 0.915. The molecule has 0 aliphatic heterocycles. The largest absolute Gasteiger partial charge is 0.330 e. The molecule has 0 saturated carbocycles. The van der Waals surface area contributed by atoms with Crippen molar-refractivity contribution >= 4 is 0 Å². The van der Waals surface area contributed by atoms with Crippen LogP contribution in [0.2, 0.25) is 0 Å². The minimum atomic E-state index is 0.550. The third-order valence-corrected chi connectivity index (χ3v) is 3.06. The monoisotopic (exact) mass is 256 g/mol. The molecule has 2 N–H and O–H groups in total. The molecule has 4 heteroatoms. The summed E-state index contributed by atoms with van der Waals surface area (Å²) in [6, 6.07) is 4.31. The van der Waals surface area contributed by atoms with E-state index in [2.05, 4.69) is 47.9 Å². The molecule has 0 bridgehead atoms. The summed E-state index contributed by atoms with van der Waals surface area (Å²) >= 11 is 0. The van der Waals surface area contributed by atoms with E-state index < -0.39 is 0 Å². The first kappa shape index (κ1) is 13.6. The van der Waals surface area contributed by atoms with E-state index in [4.69, 9.17) is 5.73 Å². The maximum Gasteiger partial charge on any atom is 0.163 e. The molecule has 19 heavy (non-hydrogen) atoms. The van der Waals surface area contributed by atoms with Crippen LogP contribution in [0.4, 0.5) is 0 Å². The summed E-state index contributed by atoms with van der Waals surface area (Å²) in [5.41, 5.74) is 10.3. The predicted octanol–water partition coefficient (Wildman–Crippen LogP) is 2.27. The molecule has 0 radical (unpaired) electrons. The van der Waals surface area contributed by atoms with Crippen LogP contribution in [0.3, 0.4) is 0 Å². The topological polar surface area (TPSA) is 64.7 Å². The lowest BCUT2D eigenvalue weighted by Crippen LogP contribution is -2.10. The molecule has 0 aliphatic carbocycles. The third kappa shape index (κ3) is 2.96. The molecule has 0 amide bonds. The first-order chi connectivity index (χ1) is 9.01. The number of rotatable bonds is 3. The van der Waals surface area contributed by atoms with Gasteiger partial charge < -0.3 is 5.73 Å². The smallest absolute Gasteiger partial charge is 0.163 e. The standard InChI is InChI=1S/C15H20N4/c1-9-7-10(2)14(11(3)8-9)15-18-12(4)17-13(19-15)5-6-16/h7-8H,5-6,16H2,1-4H3. The van der Waals surface area contributed by atoms with Crippen molar-refractivity contribution in [2.45, 2.75) is 34.1 Å². The van der Waals surface area contributed by atoms with E-state index in [1.807, 2.05) is 6.92 Å². The van der Waals surface area contributed by atoms with Gasteiger partial charge in [-0.15, -0.1) is 0 Å². The molecular weight excluding hydrogens is 236 g/mol. The van der Waals surface area contributed by atoms with Crippen LogP contribution in [0.1, 0.15) is 28.3 Å². The molecule has 2 rings (SSSR count). The Bertz CT molecular complexity index is 582. The van der Waals surface area contributed by atoms with Gasteiger partial charge in [-0.3, -0.25) is 0 Å². The lowest BCUT2D eigenvalue weighted by Gasteiger charge is -2.11. The van der Waals surface area contributed by atoms with Crippen molar-refractivity contribution in [3.63, 3.8) is 0 Å². The van der Waals surface area contributed by atoms with Crippen LogP contribution in [0.25, 0.3) is 11.4 Å². The average Bonchev–Trinajstić information content (AvgIpc) is 2.26. The average molecular weight is 256 g/mol. The zero-order chi connectivity index (χ0) is 14.0. The Morgan fingerprint density at radius 2 is 1.58 bits per heavy atom. The molecule has 1 aromatic carbocycles. The maximum atomic E-state index is 5.58. The number of nitrogens with zero attached hydrogens (tertiary/aromatic N) is 3. The fraction of sp³-hybridized carbons (Fsp3) is 0.400. The van der Waals surface area contributed by atoms with Gasteiger partial charge in [0.25, 0.3) is 0 Å². The van der Waals surface area contributed by atoms with Crippen LogP contribution in [0.15, 0.2) is 12.1 Å². The highest BCUT2D eigenvalue weighted by atomic mass is 15.0. The number of nitrogens with two attached hydrogens (primary N) is 1. The molecule has 0 atom stereocenters. The van der Waals surface area contributed by atoms with Gasteiger partial charge in [0.05, 0.1) is 0 Å². The van der Waals surface area contributed by atoms with Crippen molar-refractivity contribution in [3.8, 4) is 11.4 Å². The molecule has 0 aliphatic rings. The molecule has 0 spiro atoms. The lowest BCUT2D eigenvalue weighted by molar-refractivity contribution is 0.826. The Kier molecular flexibility index (Phi) is 3.90. The van der Waals surface area contributed by atoms with E-state index >= 15 is 0 Å². The van der Waals surface area contributed by atoms with Crippen LogP contribution in [-0.2, 0) is 6.42 Å². The summed E-state index contributed by atoms with van der Waals surface area (Å²) in [4.78, 5) is 13.3. The normalized spacial score (nSPS) is 10.8. The first-order valence-electron chi connectivity index (χ1n) is 6.51. The van der Waals surface area contributed by atoms with Crippen molar-refractivity contribution < 1.29 is 0 Å². The molecule has 0 unspecified atom stereocenters. The van der Waals surface area contributed by atoms with Crippen LogP contribution in [0.5, 0.6) is 0 Å². The van der Waals surface area contributed by atoms with Crippen LogP contribution < -0.4 is 5.73 Å². The van der Waals surface area contributed by atoms with Crippen LogP contribution in [-0.4, -0.2) is 21.5 Å². The summed E-state index contributed by atoms with van der Waals surface area (Å²) in [6.45, 7) is 8.73. The number of aryl methyl sites for hydroxylation is 4. The van der Waals surface area contributed by atoms with Crippen molar-refractivity contribution in [1.82, 2.24) is 15.0 Å². The van der Waals surface area contributed by atoms with Crippen LogP contribution in [0, 0.1) is 27.7 Å². The lowest BCUT2D eigenvalue weighted by atomic mass is 9.99. The predicted molar refractivity (Wildman–Crippen MR) is 77.0 cm³/mol. The highest BCUT2D eigenvalue weighted by molar-refractivity contribution is 5.65. The van der Waals surface area contributed by atoms with Crippen molar-refractivity contribution in [2.24, 2.45) is 5.73 Å². The molecule has 100 valence electrons. The number of hydrogen-bond acceptors (Lipinski definition) is 4. The second-order valence-corrected chi connectivity index (χ2v) is 4.93. The van der Waals surface area contributed by atoms with Crippen molar-refractivity contribution in [1.29, 1.82) is 0 Å². The Labute approximate surface area is 114 Å². The SMILES string of the molecule is Cc1cc(C)c(-c2nc(C)nc(CCN)n2)c(C)c1. The second-order valence-electron chi connectivity index (χ2n) is 4.93. The summed E-state index contributed by atoms with van der Waals surface area (Å²) < 4.78 is 0. The van der Waals surface area contributed by atoms with E-state index in [9.17, 15) is 0 Å². The minimum Gasteiger partial charge on any atom is -0.330 e. The van der Waals surface area contributed by atoms with Crippen molar-refractivity contribution in [2.75, 3.05) is 6.54 Å². The highest BCUT2D eigenvalue weighted by Gasteiger charge is 2.11. The zero-order valence-electron chi connectivity index (χ0n) is 12.0. The van der Waals surface area contributed by atoms with Gasteiger partial charge in [0.1, 0.15) is 11.6 Å². The molecule has 2 aromatic rings. The highest BCUT2D eigenvalue weighted by Crippen LogP contribution is 2.25. The fourth-order valence-corrected chi connectivity index (χ4v) is 2.42. The molecular formula is C15H20N4. The fourth-order valence-electron chi connectivity index (χ4n) is 2.42. The van der Waals surface area contributed by atoms with Gasteiger partial charge in [-0.25, -0.2) is 15.0 Å². The van der Waals surface area contributed by atoms with Crippen LogP contribution >= 0.6 is 0 Å². The molecule has 0 saturated heterocycles. The van der Waals surface area contributed by atoms with E-state index in [0.717, 1.165) is 23.0 Å². The maximum absolute atomic E-state index is 5.58. The molecule has 1 heterocycles. The number of benzene rings is 1. The van der Waals surface area contributed by atoms with Gasteiger partial charge in [-0.2, -0.15) is 0 Å². The Morgan fingerprint density at radius 3 is 2.16 bits per heavy atom. The first-order valence-corrected chi connectivity index (χ1v) is 6.51. The third-order valence-electron chi connectivity index (χ3n) is 3.06. The Morgan fingerprint density at radius 1 is 0.947 bits per heavy atom. The zero-order valence-corrected chi connectivity index (χ0v) is 12.0. The molecule has 1 aromatic heterocycles. The Hall–Kier alpha value is -1.81. The van der Waals surface area contributed by atoms with E-state index in [1.165, 1.54) is 16.7 Å². The molecule has 0 fully saturated rings. The van der Waals surface area contributed by atoms with E-state index in [1.54, 1.807) is 0 Å². The minimum absolute atomic E-state index is 0.550.